The van der Waals surface area contributed by atoms with E-state index in [0.29, 0.717) is 0 Å². The fourth-order valence-corrected chi connectivity index (χ4v) is 3.39. The number of hydrogen-bond acceptors (Lipinski definition) is 3. The van der Waals surface area contributed by atoms with E-state index in [1.807, 2.05) is 6.92 Å². The molecule has 0 radical (unpaired) electrons. The molecule has 1 aromatic heterocycles. The number of rotatable bonds is 2. The number of hydrogen-bond donors (Lipinski definition) is 0. The highest BCUT2D eigenvalue weighted by atomic mass is 32.1. The van der Waals surface area contributed by atoms with Crippen molar-refractivity contribution < 1.29 is 0 Å². The van der Waals surface area contributed by atoms with Crippen molar-refractivity contribution in [3.05, 3.63) is 51.5 Å². The molecule has 0 fully saturated rings. The number of nitrogens with zero attached hydrogens (tertiary/aromatic N) is 2. The van der Waals surface area contributed by atoms with Gasteiger partial charge in [0.15, 0.2) is 0 Å². The Labute approximate surface area is 111 Å². The highest BCUT2D eigenvalue weighted by Gasteiger charge is 2.38. The molecule has 1 heterocycles. The van der Waals surface area contributed by atoms with Crippen LogP contribution in [0.2, 0.25) is 0 Å². The average Bonchev–Trinajstić information content (AvgIpc) is 2.93. The zero-order chi connectivity index (χ0) is 12.6. The molecule has 3 rings (SSSR count). The minimum absolute atomic E-state index is 0.288. The number of aromatic nitrogens is 1. The van der Waals surface area contributed by atoms with Crippen LogP contribution in [-0.2, 0) is 19.3 Å². The van der Waals surface area contributed by atoms with Crippen LogP contribution in [0.5, 0.6) is 0 Å². The van der Waals surface area contributed by atoms with Crippen molar-refractivity contribution in [2.24, 2.45) is 5.41 Å². The fraction of sp³-hybridized carbons (Fsp3) is 0.333. The van der Waals surface area contributed by atoms with Crippen LogP contribution in [0.15, 0.2) is 29.6 Å². The fourth-order valence-electron chi connectivity index (χ4n) is 2.77. The maximum atomic E-state index is 9.58. The van der Waals surface area contributed by atoms with Crippen molar-refractivity contribution in [3.63, 3.8) is 0 Å². The molecule has 3 heteroatoms. The lowest BCUT2D eigenvalue weighted by molar-refractivity contribution is 0.414. The Morgan fingerprint density at radius 1 is 1.33 bits per heavy atom. The lowest BCUT2D eigenvalue weighted by Gasteiger charge is -2.18. The van der Waals surface area contributed by atoms with Crippen molar-refractivity contribution in [2.75, 3.05) is 0 Å². The molecule has 0 bridgehead atoms. The first-order chi connectivity index (χ1) is 8.71. The number of thiazole rings is 1. The normalized spacial score (nSPS) is 16.2. The largest absolute Gasteiger partial charge is 0.247 e. The minimum Gasteiger partial charge on any atom is -0.247 e. The molecule has 0 atom stereocenters. The van der Waals surface area contributed by atoms with Gasteiger partial charge in [-0.1, -0.05) is 24.3 Å². The lowest BCUT2D eigenvalue weighted by atomic mass is 9.82. The number of fused-ring (bicyclic) bond motifs is 1. The molecule has 0 amide bonds. The van der Waals surface area contributed by atoms with Crippen LogP contribution >= 0.6 is 11.3 Å². The maximum Gasteiger partial charge on any atom is 0.0897 e. The van der Waals surface area contributed by atoms with Gasteiger partial charge in [0, 0.05) is 11.8 Å². The molecular weight excluding hydrogens is 240 g/mol. The first-order valence-corrected chi connectivity index (χ1v) is 6.98. The van der Waals surface area contributed by atoms with E-state index in [0.717, 1.165) is 30.0 Å². The van der Waals surface area contributed by atoms with E-state index in [-0.39, 0.29) is 5.41 Å². The van der Waals surface area contributed by atoms with Gasteiger partial charge < -0.3 is 0 Å². The summed E-state index contributed by atoms with van der Waals surface area (Å²) in [5.74, 6) is 0. The summed E-state index contributed by atoms with van der Waals surface area (Å²) >= 11 is 1.66. The van der Waals surface area contributed by atoms with Gasteiger partial charge >= 0.3 is 0 Å². The molecular formula is C15H14N2S. The molecule has 0 spiro atoms. The van der Waals surface area contributed by atoms with Gasteiger partial charge in [0.05, 0.1) is 22.2 Å². The summed E-state index contributed by atoms with van der Waals surface area (Å²) in [5, 5.41) is 12.7. The zero-order valence-electron chi connectivity index (χ0n) is 10.3. The first-order valence-electron chi connectivity index (χ1n) is 6.10. The van der Waals surface area contributed by atoms with Gasteiger partial charge in [-0.05, 0) is 30.9 Å². The Bertz CT molecular complexity index is 596. The molecule has 1 aromatic carbocycles. The van der Waals surface area contributed by atoms with Gasteiger partial charge in [-0.15, -0.1) is 11.3 Å². The summed E-state index contributed by atoms with van der Waals surface area (Å²) in [4.78, 5) is 4.50. The zero-order valence-corrected chi connectivity index (χ0v) is 11.1. The van der Waals surface area contributed by atoms with Crippen LogP contribution in [0.4, 0.5) is 0 Å². The summed E-state index contributed by atoms with van der Waals surface area (Å²) in [5.41, 5.74) is 3.42. The van der Waals surface area contributed by atoms with Gasteiger partial charge in [-0.25, -0.2) is 4.98 Å². The summed E-state index contributed by atoms with van der Waals surface area (Å²) in [6, 6.07) is 10.9. The summed E-state index contributed by atoms with van der Waals surface area (Å²) in [6.45, 7) is 2.01. The molecule has 1 aliphatic rings. The second-order valence-electron chi connectivity index (χ2n) is 5.05. The van der Waals surface area contributed by atoms with Gasteiger partial charge in [0.1, 0.15) is 0 Å². The standard InChI is InChI=1S/C15H14N2S/c1-11-17-14(9-18-11)8-15(10-16)6-12-4-2-3-5-13(12)7-15/h2-5,9H,6-8H2,1H3. The highest BCUT2D eigenvalue weighted by Crippen LogP contribution is 2.39. The Balaban J connectivity index is 1.89. The third-order valence-corrected chi connectivity index (χ3v) is 4.42. The first kappa shape index (κ1) is 11.4. The number of nitriles is 1. The van der Waals surface area contributed by atoms with Crippen LogP contribution in [0, 0.1) is 23.7 Å². The van der Waals surface area contributed by atoms with Crippen LogP contribution in [-0.4, -0.2) is 4.98 Å². The van der Waals surface area contributed by atoms with Crippen molar-refractivity contribution in [1.29, 1.82) is 5.26 Å². The molecule has 0 saturated heterocycles. The SMILES string of the molecule is Cc1nc(CC2(C#N)Cc3ccccc3C2)cs1. The molecule has 0 N–H and O–H groups in total. The molecule has 2 aromatic rings. The van der Waals surface area contributed by atoms with Gasteiger partial charge in [-0.3, -0.25) is 0 Å². The predicted molar refractivity (Wildman–Crippen MR) is 72.5 cm³/mol. The van der Waals surface area contributed by atoms with E-state index in [2.05, 4.69) is 40.7 Å². The van der Waals surface area contributed by atoms with Crippen LogP contribution in [0.1, 0.15) is 21.8 Å². The molecule has 90 valence electrons. The Hall–Kier alpha value is -1.66. The minimum atomic E-state index is -0.288. The van der Waals surface area contributed by atoms with E-state index in [1.54, 1.807) is 11.3 Å². The van der Waals surface area contributed by atoms with E-state index in [4.69, 9.17) is 0 Å². The topological polar surface area (TPSA) is 36.7 Å². The van der Waals surface area contributed by atoms with E-state index in [9.17, 15) is 5.26 Å². The molecule has 0 saturated carbocycles. The number of aryl methyl sites for hydroxylation is 1. The summed E-state index contributed by atoms with van der Waals surface area (Å²) in [6.07, 6.45) is 2.48. The second kappa shape index (κ2) is 4.22. The average molecular weight is 254 g/mol. The van der Waals surface area contributed by atoms with Gasteiger partial charge in [-0.2, -0.15) is 5.26 Å². The second-order valence-corrected chi connectivity index (χ2v) is 6.11. The van der Waals surface area contributed by atoms with Gasteiger partial charge in [0.25, 0.3) is 0 Å². The molecule has 0 unspecified atom stereocenters. The highest BCUT2D eigenvalue weighted by molar-refractivity contribution is 7.09. The molecule has 2 nitrogen and oxygen atoms in total. The van der Waals surface area contributed by atoms with Crippen LogP contribution in [0.3, 0.4) is 0 Å². The third kappa shape index (κ3) is 1.93. The monoisotopic (exact) mass is 254 g/mol. The number of benzene rings is 1. The summed E-state index contributed by atoms with van der Waals surface area (Å²) < 4.78 is 0. The molecule has 0 aliphatic heterocycles. The Morgan fingerprint density at radius 3 is 2.50 bits per heavy atom. The third-order valence-electron chi connectivity index (χ3n) is 3.60. The molecule has 1 aliphatic carbocycles. The van der Waals surface area contributed by atoms with E-state index >= 15 is 0 Å². The van der Waals surface area contributed by atoms with Crippen LogP contribution < -0.4 is 0 Å². The van der Waals surface area contributed by atoms with Crippen molar-refractivity contribution in [1.82, 2.24) is 4.98 Å². The van der Waals surface area contributed by atoms with Crippen molar-refractivity contribution >= 4 is 11.3 Å². The smallest absolute Gasteiger partial charge is 0.0897 e. The van der Waals surface area contributed by atoms with Crippen molar-refractivity contribution in [3.8, 4) is 6.07 Å². The lowest BCUT2D eigenvalue weighted by Crippen LogP contribution is -2.22. The van der Waals surface area contributed by atoms with Crippen molar-refractivity contribution in [2.45, 2.75) is 26.2 Å². The predicted octanol–water partition coefficient (Wildman–Crippen LogP) is 3.30. The van der Waals surface area contributed by atoms with E-state index < -0.39 is 0 Å². The Morgan fingerprint density at radius 2 is 2.00 bits per heavy atom. The molecule has 18 heavy (non-hydrogen) atoms. The quantitative estimate of drug-likeness (QED) is 0.824. The Kier molecular flexibility index (Phi) is 2.68. The maximum absolute atomic E-state index is 9.58. The summed E-state index contributed by atoms with van der Waals surface area (Å²) in [7, 11) is 0. The van der Waals surface area contributed by atoms with Crippen LogP contribution in [0.25, 0.3) is 0 Å². The van der Waals surface area contributed by atoms with E-state index in [1.165, 1.54) is 11.1 Å². The van der Waals surface area contributed by atoms with Gasteiger partial charge in [0.2, 0.25) is 0 Å².